The number of hydrogen-bond donors (Lipinski definition) is 2. The highest BCUT2D eigenvalue weighted by Crippen LogP contribution is 2.30. The lowest BCUT2D eigenvalue weighted by Gasteiger charge is -2.13. The molecule has 0 bridgehead atoms. The molecule has 0 aliphatic rings. The lowest BCUT2D eigenvalue weighted by atomic mass is 10.0. The Labute approximate surface area is 155 Å². The summed E-state index contributed by atoms with van der Waals surface area (Å²) in [7, 11) is -3.92. The Morgan fingerprint density at radius 2 is 1.37 bits per heavy atom. The SMILES string of the molecule is O=C(O)c1ccc(S(=O)(=O)Nc2cccc3ccccc23)c2ccccc12. The van der Waals surface area contributed by atoms with Gasteiger partial charge in [-0.1, -0.05) is 60.7 Å². The van der Waals surface area contributed by atoms with Crippen LogP contribution < -0.4 is 4.72 Å². The van der Waals surface area contributed by atoms with Gasteiger partial charge < -0.3 is 5.11 Å². The summed E-state index contributed by atoms with van der Waals surface area (Å²) >= 11 is 0. The summed E-state index contributed by atoms with van der Waals surface area (Å²) in [5.74, 6) is -1.10. The van der Waals surface area contributed by atoms with Crippen LogP contribution in [0.3, 0.4) is 0 Å². The quantitative estimate of drug-likeness (QED) is 0.549. The molecule has 27 heavy (non-hydrogen) atoms. The number of carbonyl (C=O) groups is 1. The predicted octanol–water partition coefficient (Wildman–Crippen LogP) is 4.49. The smallest absolute Gasteiger partial charge is 0.336 e. The maximum absolute atomic E-state index is 13.1. The predicted molar refractivity (Wildman–Crippen MR) is 106 cm³/mol. The Morgan fingerprint density at radius 1 is 0.741 bits per heavy atom. The van der Waals surface area contributed by atoms with Gasteiger partial charge in [0.1, 0.15) is 0 Å². The largest absolute Gasteiger partial charge is 0.478 e. The van der Waals surface area contributed by atoms with Crippen LogP contribution in [0.4, 0.5) is 5.69 Å². The van der Waals surface area contributed by atoms with Crippen LogP contribution in [-0.2, 0) is 10.0 Å². The molecule has 5 nitrogen and oxygen atoms in total. The summed E-state index contributed by atoms with van der Waals surface area (Å²) in [5.41, 5.74) is 0.536. The topological polar surface area (TPSA) is 83.5 Å². The number of nitrogens with one attached hydrogen (secondary N) is 1. The fraction of sp³-hybridized carbons (Fsp3) is 0. The van der Waals surface area contributed by atoms with E-state index in [9.17, 15) is 18.3 Å². The van der Waals surface area contributed by atoms with Gasteiger partial charge in [-0.25, -0.2) is 13.2 Å². The van der Waals surface area contributed by atoms with Crippen LogP contribution in [0.25, 0.3) is 21.5 Å². The van der Waals surface area contributed by atoms with E-state index in [-0.39, 0.29) is 10.5 Å². The standard InChI is InChI=1S/C21H15NO4S/c23-21(24)18-12-13-20(17-10-4-3-9-16(17)18)27(25,26)22-19-11-5-7-14-6-1-2-8-15(14)19/h1-13,22H,(H,23,24). The number of carboxylic acid groups (broad SMARTS) is 1. The Hall–Kier alpha value is -3.38. The molecule has 4 rings (SSSR count). The number of anilines is 1. The van der Waals surface area contributed by atoms with Gasteiger partial charge in [0.05, 0.1) is 16.1 Å². The second kappa shape index (κ2) is 6.41. The summed E-state index contributed by atoms with van der Waals surface area (Å²) in [6.07, 6.45) is 0. The third-order valence-corrected chi connectivity index (χ3v) is 5.86. The van der Waals surface area contributed by atoms with E-state index in [1.807, 2.05) is 30.3 Å². The van der Waals surface area contributed by atoms with Gasteiger partial charge in [-0.2, -0.15) is 0 Å². The van der Waals surface area contributed by atoms with Crippen LogP contribution in [0.1, 0.15) is 10.4 Å². The average Bonchev–Trinajstić information content (AvgIpc) is 2.67. The first kappa shape index (κ1) is 17.1. The van der Waals surface area contributed by atoms with E-state index >= 15 is 0 Å². The normalized spacial score (nSPS) is 11.6. The van der Waals surface area contributed by atoms with Crippen molar-refractivity contribution in [2.75, 3.05) is 4.72 Å². The van der Waals surface area contributed by atoms with Gasteiger partial charge in [-0.05, 0) is 29.0 Å². The Bertz CT molecular complexity index is 1290. The highest BCUT2D eigenvalue weighted by molar-refractivity contribution is 7.93. The molecule has 4 aromatic carbocycles. The molecule has 0 heterocycles. The minimum absolute atomic E-state index is 0.0380. The number of carboxylic acids is 1. The van der Waals surface area contributed by atoms with Gasteiger partial charge >= 0.3 is 5.97 Å². The van der Waals surface area contributed by atoms with Crippen molar-refractivity contribution >= 4 is 43.2 Å². The minimum Gasteiger partial charge on any atom is -0.478 e. The molecular formula is C21H15NO4S. The molecule has 134 valence electrons. The molecule has 0 saturated carbocycles. The van der Waals surface area contributed by atoms with Gasteiger partial charge in [-0.15, -0.1) is 0 Å². The number of rotatable bonds is 4. The van der Waals surface area contributed by atoms with Crippen LogP contribution in [0.5, 0.6) is 0 Å². The Balaban J connectivity index is 1.88. The fourth-order valence-corrected chi connectivity index (χ4v) is 4.50. The average molecular weight is 377 g/mol. The van der Waals surface area contributed by atoms with Gasteiger partial charge in [0, 0.05) is 10.8 Å². The number of hydrogen-bond acceptors (Lipinski definition) is 3. The van der Waals surface area contributed by atoms with Crippen molar-refractivity contribution in [3.8, 4) is 0 Å². The van der Waals surface area contributed by atoms with Crippen molar-refractivity contribution in [1.29, 1.82) is 0 Å². The van der Waals surface area contributed by atoms with Crippen molar-refractivity contribution in [3.63, 3.8) is 0 Å². The molecule has 4 aromatic rings. The van der Waals surface area contributed by atoms with Crippen LogP contribution in [-0.4, -0.2) is 19.5 Å². The first-order valence-electron chi connectivity index (χ1n) is 8.23. The van der Waals surface area contributed by atoms with Crippen molar-refractivity contribution in [3.05, 3.63) is 84.4 Å². The molecule has 0 radical (unpaired) electrons. The van der Waals surface area contributed by atoms with Crippen molar-refractivity contribution in [1.82, 2.24) is 0 Å². The Kier molecular flexibility index (Phi) is 4.05. The van der Waals surface area contributed by atoms with E-state index in [0.29, 0.717) is 16.5 Å². The molecule has 0 fully saturated rings. The summed E-state index contributed by atoms with van der Waals surface area (Å²) in [6.45, 7) is 0. The van der Waals surface area contributed by atoms with Gasteiger partial charge in [0.2, 0.25) is 0 Å². The van der Waals surface area contributed by atoms with Crippen LogP contribution in [0.2, 0.25) is 0 Å². The fourth-order valence-electron chi connectivity index (χ4n) is 3.21. The molecule has 0 spiro atoms. The van der Waals surface area contributed by atoms with E-state index in [1.165, 1.54) is 12.1 Å². The lowest BCUT2D eigenvalue weighted by molar-refractivity contribution is 0.0699. The van der Waals surface area contributed by atoms with Crippen molar-refractivity contribution < 1.29 is 18.3 Å². The van der Waals surface area contributed by atoms with E-state index in [0.717, 1.165) is 10.8 Å². The van der Waals surface area contributed by atoms with Crippen LogP contribution in [0.15, 0.2) is 83.8 Å². The highest BCUT2D eigenvalue weighted by atomic mass is 32.2. The van der Waals surface area contributed by atoms with E-state index in [2.05, 4.69) is 4.72 Å². The first-order chi connectivity index (χ1) is 13.0. The van der Waals surface area contributed by atoms with E-state index < -0.39 is 16.0 Å². The van der Waals surface area contributed by atoms with E-state index in [4.69, 9.17) is 0 Å². The van der Waals surface area contributed by atoms with E-state index in [1.54, 1.807) is 36.4 Å². The van der Waals surface area contributed by atoms with Gasteiger partial charge in [0.25, 0.3) is 10.0 Å². The molecular weight excluding hydrogens is 362 g/mol. The molecule has 0 aliphatic carbocycles. The monoisotopic (exact) mass is 377 g/mol. The molecule has 6 heteroatoms. The van der Waals surface area contributed by atoms with Crippen LogP contribution in [0, 0.1) is 0 Å². The zero-order valence-corrected chi connectivity index (χ0v) is 14.9. The van der Waals surface area contributed by atoms with Crippen LogP contribution >= 0.6 is 0 Å². The molecule has 0 aliphatic heterocycles. The van der Waals surface area contributed by atoms with Gasteiger partial charge in [-0.3, -0.25) is 4.72 Å². The lowest BCUT2D eigenvalue weighted by Crippen LogP contribution is -2.14. The summed E-state index contributed by atoms with van der Waals surface area (Å²) < 4.78 is 28.8. The number of aromatic carboxylic acids is 1. The number of benzene rings is 4. The maximum Gasteiger partial charge on any atom is 0.336 e. The second-order valence-corrected chi connectivity index (χ2v) is 7.75. The molecule has 0 atom stereocenters. The van der Waals surface area contributed by atoms with Crippen molar-refractivity contribution in [2.45, 2.75) is 4.90 Å². The Morgan fingerprint density at radius 3 is 2.11 bits per heavy atom. The molecule has 0 aromatic heterocycles. The summed E-state index contributed by atoms with van der Waals surface area (Å²) in [6, 6.07) is 22.1. The van der Waals surface area contributed by atoms with Crippen molar-refractivity contribution in [2.24, 2.45) is 0 Å². The third kappa shape index (κ3) is 3.00. The maximum atomic E-state index is 13.1. The minimum atomic E-state index is -3.92. The second-order valence-electron chi connectivity index (χ2n) is 6.09. The summed E-state index contributed by atoms with van der Waals surface area (Å²) in [4.78, 5) is 11.5. The van der Waals surface area contributed by atoms with Gasteiger partial charge in [0.15, 0.2) is 0 Å². The zero-order chi connectivity index (χ0) is 19.0. The highest BCUT2D eigenvalue weighted by Gasteiger charge is 2.21. The molecule has 2 N–H and O–H groups in total. The third-order valence-electron chi connectivity index (χ3n) is 4.44. The molecule has 0 amide bonds. The number of fused-ring (bicyclic) bond motifs is 2. The molecule has 0 unspecified atom stereocenters. The molecule has 0 saturated heterocycles. The number of sulfonamides is 1. The first-order valence-corrected chi connectivity index (χ1v) is 9.71. The summed E-state index contributed by atoms with van der Waals surface area (Å²) in [5, 5.41) is 11.8. The zero-order valence-electron chi connectivity index (χ0n) is 14.1.